The minimum atomic E-state index is -0.0557. The van der Waals surface area contributed by atoms with Crippen LogP contribution in [-0.4, -0.2) is 10.2 Å². The average molecular weight is 242 g/mol. The molecule has 0 spiro atoms. The third-order valence-electron chi connectivity index (χ3n) is 3.30. The number of hydrogen-bond acceptors (Lipinski definition) is 4. The molecule has 1 aromatic carbocycles. The molecular weight excluding hydrogens is 224 g/mol. The zero-order valence-corrected chi connectivity index (χ0v) is 10.9. The van der Waals surface area contributed by atoms with Crippen LogP contribution in [0.5, 0.6) is 0 Å². The summed E-state index contributed by atoms with van der Waals surface area (Å²) in [7, 11) is 0. The quantitative estimate of drug-likeness (QED) is 0.638. The molecule has 94 valence electrons. The Hall–Kier alpha value is -1.78. The normalized spacial score (nSPS) is 12.4. The number of aromatic nitrogens is 2. The van der Waals surface area contributed by atoms with E-state index in [1.165, 1.54) is 22.3 Å². The van der Waals surface area contributed by atoms with Crippen molar-refractivity contribution in [2.24, 2.45) is 5.84 Å². The van der Waals surface area contributed by atoms with Crippen LogP contribution in [0, 0.1) is 20.8 Å². The molecule has 0 bridgehead atoms. The highest BCUT2D eigenvalue weighted by atomic mass is 15.2. The lowest BCUT2D eigenvalue weighted by Gasteiger charge is -2.20. The lowest BCUT2D eigenvalue weighted by atomic mass is 9.93. The monoisotopic (exact) mass is 242 g/mol. The molecule has 1 unspecified atom stereocenters. The van der Waals surface area contributed by atoms with Crippen LogP contribution in [0.3, 0.4) is 0 Å². The summed E-state index contributed by atoms with van der Waals surface area (Å²) >= 11 is 0. The van der Waals surface area contributed by atoms with Crippen molar-refractivity contribution in [3.05, 3.63) is 58.4 Å². The van der Waals surface area contributed by atoms with E-state index in [2.05, 4.69) is 48.5 Å². The molecule has 1 heterocycles. The fraction of sp³-hybridized carbons (Fsp3) is 0.286. The minimum Gasteiger partial charge on any atom is -0.271 e. The van der Waals surface area contributed by atoms with Gasteiger partial charge in [-0.25, -0.2) is 5.43 Å². The van der Waals surface area contributed by atoms with Crippen LogP contribution in [0.2, 0.25) is 0 Å². The van der Waals surface area contributed by atoms with Gasteiger partial charge in [-0.2, -0.15) is 10.2 Å². The number of nitrogens with zero attached hydrogens (tertiary/aromatic N) is 2. The molecule has 0 aliphatic heterocycles. The minimum absolute atomic E-state index is 0.0557. The van der Waals surface area contributed by atoms with E-state index in [1.54, 1.807) is 12.4 Å². The largest absolute Gasteiger partial charge is 0.271 e. The summed E-state index contributed by atoms with van der Waals surface area (Å²) in [6.45, 7) is 6.32. The lowest BCUT2D eigenvalue weighted by Crippen LogP contribution is -2.29. The molecule has 1 atom stereocenters. The van der Waals surface area contributed by atoms with E-state index in [4.69, 9.17) is 5.84 Å². The van der Waals surface area contributed by atoms with Gasteiger partial charge in [0.1, 0.15) is 0 Å². The summed E-state index contributed by atoms with van der Waals surface area (Å²) in [5, 5.41) is 7.69. The zero-order chi connectivity index (χ0) is 13.1. The summed E-state index contributed by atoms with van der Waals surface area (Å²) < 4.78 is 0. The Bertz CT molecular complexity index is 537. The number of nitrogens with two attached hydrogens (primary N) is 1. The van der Waals surface area contributed by atoms with Crippen LogP contribution in [0.25, 0.3) is 0 Å². The summed E-state index contributed by atoms with van der Waals surface area (Å²) in [5.74, 6) is 5.70. The molecule has 0 fully saturated rings. The van der Waals surface area contributed by atoms with Crippen LogP contribution < -0.4 is 11.3 Å². The molecule has 0 aliphatic rings. The van der Waals surface area contributed by atoms with E-state index >= 15 is 0 Å². The summed E-state index contributed by atoms with van der Waals surface area (Å²) in [6.07, 6.45) is 3.41. The SMILES string of the molecule is Cc1cc(C)c(C(NN)c2ccnnc2)cc1C. The number of benzene rings is 1. The van der Waals surface area contributed by atoms with Gasteiger partial charge in [0.15, 0.2) is 0 Å². The highest BCUT2D eigenvalue weighted by molar-refractivity contribution is 5.41. The predicted molar refractivity (Wildman–Crippen MR) is 71.9 cm³/mol. The topological polar surface area (TPSA) is 63.8 Å². The second kappa shape index (κ2) is 5.25. The van der Waals surface area contributed by atoms with E-state index in [0.29, 0.717) is 0 Å². The van der Waals surface area contributed by atoms with Gasteiger partial charge in [0.2, 0.25) is 0 Å². The Balaban J connectivity index is 2.49. The summed E-state index contributed by atoms with van der Waals surface area (Å²) in [6, 6.07) is 6.23. The summed E-state index contributed by atoms with van der Waals surface area (Å²) in [5.41, 5.74) is 8.82. The number of hydrazine groups is 1. The van der Waals surface area contributed by atoms with Crippen molar-refractivity contribution in [3.63, 3.8) is 0 Å². The van der Waals surface area contributed by atoms with Crippen LogP contribution in [0.15, 0.2) is 30.6 Å². The highest BCUT2D eigenvalue weighted by Crippen LogP contribution is 2.25. The predicted octanol–water partition coefficient (Wildman–Crippen LogP) is 1.95. The molecule has 4 nitrogen and oxygen atoms in total. The Labute approximate surface area is 107 Å². The highest BCUT2D eigenvalue weighted by Gasteiger charge is 2.15. The van der Waals surface area contributed by atoms with Crippen LogP contribution in [0.4, 0.5) is 0 Å². The van der Waals surface area contributed by atoms with Crippen LogP contribution in [0.1, 0.15) is 33.9 Å². The first-order valence-electron chi connectivity index (χ1n) is 5.94. The molecule has 0 aliphatic carbocycles. The maximum atomic E-state index is 5.70. The Morgan fingerprint density at radius 2 is 1.78 bits per heavy atom. The Kier molecular flexibility index (Phi) is 3.69. The molecule has 3 N–H and O–H groups in total. The van der Waals surface area contributed by atoms with E-state index < -0.39 is 0 Å². The van der Waals surface area contributed by atoms with Gasteiger partial charge in [-0.1, -0.05) is 12.1 Å². The molecule has 18 heavy (non-hydrogen) atoms. The van der Waals surface area contributed by atoms with E-state index in [-0.39, 0.29) is 6.04 Å². The molecular formula is C14H18N4. The fourth-order valence-electron chi connectivity index (χ4n) is 2.13. The van der Waals surface area contributed by atoms with Gasteiger partial charge in [0.25, 0.3) is 0 Å². The van der Waals surface area contributed by atoms with Crippen LogP contribution in [-0.2, 0) is 0 Å². The number of hydrogen-bond donors (Lipinski definition) is 2. The van der Waals surface area contributed by atoms with Gasteiger partial charge < -0.3 is 0 Å². The third kappa shape index (κ3) is 2.39. The number of aryl methyl sites for hydroxylation is 3. The van der Waals surface area contributed by atoms with Gasteiger partial charge in [-0.05, 0) is 54.7 Å². The molecule has 0 saturated carbocycles. The molecule has 0 amide bonds. The first kappa shape index (κ1) is 12.7. The van der Waals surface area contributed by atoms with E-state index in [1.807, 2.05) is 6.07 Å². The van der Waals surface area contributed by atoms with Crippen molar-refractivity contribution in [1.29, 1.82) is 0 Å². The zero-order valence-electron chi connectivity index (χ0n) is 10.9. The van der Waals surface area contributed by atoms with Gasteiger partial charge in [0.05, 0.1) is 12.2 Å². The van der Waals surface area contributed by atoms with Gasteiger partial charge >= 0.3 is 0 Å². The van der Waals surface area contributed by atoms with Gasteiger partial charge in [-0.15, -0.1) is 0 Å². The lowest BCUT2D eigenvalue weighted by molar-refractivity contribution is 0.628. The Morgan fingerprint density at radius 3 is 2.39 bits per heavy atom. The van der Waals surface area contributed by atoms with Gasteiger partial charge in [-0.3, -0.25) is 5.84 Å². The number of nitrogens with one attached hydrogen (secondary N) is 1. The molecule has 0 saturated heterocycles. The molecule has 2 aromatic rings. The molecule has 4 heteroatoms. The fourth-order valence-corrected chi connectivity index (χ4v) is 2.13. The van der Waals surface area contributed by atoms with E-state index in [0.717, 1.165) is 5.56 Å². The van der Waals surface area contributed by atoms with E-state index in [9.17, 15) is 0 Å². The second-order valence-electron chi connectivity index (χ2n) is 4.57. The van der Waals surface area contributed by atoms with Crippen molar-refractivity contribution in [2.75, 3.05) is 0 Å². The second-order valence-corrected chi connectivity index (χ2v) is 4.57. The summed E-state index contributed by atoms with van der Waals surface area (Å²) in [4.78, 5) is 0. The first-order valence-corrected chi connectivity index (χ1v) is 5.94. The molecule has 0 radical (unpaired) electrons. The van der Waals surface area contributed by atoms with Crippen molar-refractivity contribution in [3.8, 4) is 0 Å². The van der Waals surface area contributed by atoms with Crippen molar-refractivity contribution in [2.45, 2.75) is 26.8 Å². The van der Waals surface area contributed by atoms with Crippen molar-refractivity contribution < 1.29 is 0 Å². The smallest absolute Gasteiger partial charge is 0.0728 e. The van der Waals surface area contributed by atoms with Crippen molar-refractivity contribution in [1.82, 2.24) is 15.6 Å². The first-order chi connectivity index (χ1) is 8.63. The molecule has 1 aromatic heterocycles. The standard InChI is InChI=1S/C14H18N4/c1-9-6-11(3)13(7-10(9)2)14(18-15)12-4-5-16-17-8-12/h4-8,14,18H,15H2,1-3H3. The maximum absolute atomic E-state index is 5.70. The van der Waals surface area contributed by atoms with Crippen LogP contribution >= 0.6 is 0 Å². The average Bonchev–Trinajstić information content (AvgIpc) is 2.38. The van der Waals surface area contributed by atoms with Gasteiger partial charge in [0, 0.05) is 6.20 Å². The maximum Gasteiger partial charge on any atom is 0.0728 e. The van der Waals surface area contributed by atoms with Crippen molar-refractivity contribution >= 4 is 0 Å². The molecule has 2 rings (SSSR count). The number of rotatable bonds is 3. The Morgan fingerprint density at radius 1 is 1.06 bits per heavy atom. The third-order valence-corrected chi connectivity index (χ3v) is 3.30.